The summed E-state index contributed by atoms with van der Waals surface area (Å²) in [5, 5.41) is 7.44. The molecule has 0 aliphatic heterocycles. The highest BCUT2D eigenvalue weighted by molar-refractivity contribution is 5.00. The van der Waals surface area contributed by atoms with Crippen LogP contribution in [0.25, 0.3) is 0 Å². The SMILES string of the molecule is CCCCCCn1nnc(F)c1CC(C)(C)C. The Bertz CT molecular complexity index is 339. The van der Waals surface area contributed by atoms with Crippen LogP contribution in [0.1, 0.15) is 59.1 Å². The highest BCUT2D eigenvalue weighted by Crippen LogP contribution is 2.21. The molecule has 0 aromatic carbocycles. The van der Waals surface area contributed by atoms with Crippen LogP contribution in [-0.4, -0.2) is 15.0 Å². The average molecular weight is 241 g/mol. The van der Waals surface area contributed by atoms with Gasteiger partial charge in [0.15, 0.2) is 0 Å². The Hall–Kier alpha value is -0.930. The number of halogens is 1. The molecule has 4 heteroatoms. The lowest BCUT2D eigenvalue weighted by atomic mass is 9.90. The number of aromatic nitrogens is 3. The molecule has 0 spiro atoms. The lowest BCUT2D eigenvalue weighted by Crippen LogP contribution is -2.15. The van der Waals surface area contributed by atoms with Crippen LogP contribution in [0, 0.1) is 11.4 Å². The lowest BCUT2D eigenvalue weighted by molar-refractivity contribution is 0.379. The van der Waals surface area contributed by atoms with E-state index in [2.05, 4.69) is 38.0 Å². The monoisotopic (exact) mass is 241 g/mol. The van der Waals surface area contributed by atoms with E-state index < -0.39 is 5.95 Å². The second-order valence-electron chi connectivity index (χ2n) is 5.85. The Morgan fingerprint density at radius 2 is 1.88 bits per heavy atom. The van der Waals surface area contributed by atoms with Crippen LogP contribution in [0.5, 0.6) is 0 Å². The molecule has 0 atom stereocenters. The molecule has 0 aliphatic rings. The van der Waals surface area contributed by atoms with Crippen LogP contribution < -0.4 is 0 Å². The van der Waals surface area contributed by atoms with Crippen LogP contribution >= 0.6 is 0 Å². The Kier molecular flexibility index (Phi) is 5.09. The summed E-state index contributed by atoms with van der Waals surface area (Å²) >= 11 is 0. The molecule has 17 heavy (non-hydrogen) atoms. The maximum Gasteiger partial charge on any atom is 0.255 e. The standard InChI is InChI=1S/C13H24FN3/c1-5-6-7-8-9-17-11(10-13(2,3)4)12(14)15-16-17/h5-10H2,1-4H3. The largest absolute Gasteiger partial charge is 0.255 e. The molecule has 0 radical (unpaired) electrons. The third kappa shape index (κ3) is 4.84. The summed E-state index contributed by atoms with van der Waals surface area (Å²) in [6.45, 7) is 9.26. The molecule has 0 fully saturated rings. The molecule has 0 saturated heterocycles. The Balaban J connectivity index is 2.60. The maximum atomic E-state index is 13.5. The minimum absolute atomic E-state index is 0.0592. The number of aryl methyl sites for hydroxylation is 1. The van der Waals surface area contributed by atoms with Gasteiger partial charge in [-0.2, -0.15) is 4.39 Å². The summed E-state index contributed by atoms with van der Waals surface area (Å²) in [6.07, 6.45) is 5.34. The van der Waals surface area contributed by atoms with Crippen LogP contribution in [0.3, 0.4) is 0 Å². The van der Waals surface area contributed by atoms with Gasteiger partial charge in [0.25, 0.3) is 5.95 Å². The van der Waals surface area contributed by atoms with E-state index >= 15 is 0 Å². The minimum Gasteiger partial charge on any atom is -0.246 e. The van der Waals surface area contributed by atoms with E-state index in [1.165, 1.54) is 19.3 Å². The first-order chi connectivity index (χ1) is 7.94. The smallest absolute Gasteiger partial charge is 0.246 e. The van der Waals surface area contributed by atoms with Gasteiger partial charge in [0.1, 0.15) is 0 Å². The van der Waals surface area contributed by atoms with E-state index in [1.807, 2.05) is 0 Å². The normalized spacial score (nSPS) is 12.1. The average Bonchev–Trinajstić information content (AvgIpc) is 2.54. The van der Waals surface area contributed by atoms with Crippen molar-refractivity contribution >= 4 is 0 Å². The summed E-state index contributed by atoms with van der Waals surface area (Å²) in [4.78, 5) is 0. The number of rotatable bonds is 6. The zero-order chi connectivity index (χ0) is 12.9. The molecule has 0 bridgehead atoms. The molecule has 0 unspecified atom stereocenters. The number of hydrogen-bond donors (Lipinski definition) is 0. The van der Waals surface area contributed by atoms with E-state index in [4.69, 9.17) is 0 Å². The quantitative estimate of drug-likeness (QED) is 0.713. The molecular weight excluding hydrogens is 217 g/mol. The van der Waals surface area contributed by atoms with Crippen LogP contribution in [0.4, 0.5) is 4.39 Å². The molecule has 1 aromatic heterocycles. The van der Waals surface area contributed by atoms with Crippen LogP contribution in [0.2, 0.25) is 0 Å². The summed E-state index contributed by atoms with van der Waals surface area (Å²) in [5.41, 5.74) is 0.706. The molecular formula is C13H24FN3. The second-order valence-corrected chi connectivity index (χ2v) is 5.85. The molecule has 0 N–H and O–H groups in total. The molecule has 0 aliphatic carbocycles. The van der Waals surface area contributed by atoms with Gasteiger partial charge in [-0.1, -0.05) is 57.3 Å². The van der Waals surface area contributed by atoms with E-state index in [9.17, 15) is 4.39 Å². The summed E-state index contributed by atoms with van der Waals surface area (Å²) in [5.74, 6) is -0.407. The van der Waals surface area contributed by atoms with Gasteiger partial charge in [-0.15, -0.1) is 0 Å². The van der Waals surface area contributed by atoms with Gasteiger partial charge in [-0.3, -0.25) is 0 Å². The van der Waals surface area contributed by atoms with Crippen molar-refractivity contribution in [3.05, 3.63) is 11.6 Å². The fourth-order valence-corrected chi connectivity index (χ4v) is 1.85. The fraction of sp³-hybridized carbons (Fsp3) is 0.846. The number of nitrogens with zero attached hydrogens (tertiary/aromatic N) is 3. The lowest BCUT2D eigenvalue weighted by Gasteiger charge is -2.18. The molecule has 1 aromatic rings. The van der Waals surface area contributed by atoms with Crippen LogP contribution in [0.15, 0.2) is 0 Å². The zero-order valence-electron chi connectivity index (χ0n) is 11.5. The van der Waals surface area contributed by atoms with Gasteiger partial charge in [-0.25, -0.2) is 4.68 Å². The minimum atomic E-state index is -0.407. The predicted octanol–water partition coefficient (Wildman–Crippen LogP) is 3.59. The van der Waals surface area contributed by atoms with Crippen molar-refractivity contribution < 1.29 is 4.39 Å². The Morgan fingerprint density at radius 3 is 2.47 bits per heavy atom. The van der Waals surface area contributed by atoms with Gasteiger partial charge >= 0.3 is 0 Å². The topological polar surface area (TPSA) is 30.7 Å². The van der Waals surface area contributed by atoms with Gasteiger partial charge < -0.3 is 0 Å². The Morgan fingerprint density at radius 1 is 1.18 bits per heavy atom. The van der Waals surface area contributed by atoms with E-state index in [0.29, 0.717) is 12.1 Å². The third-order valence-corrected chi connectivity index (χ3v) is 2.71. The number of hydrogen-bond acceptors (Lipinski definition) is 2. The van der Waals surface area contributed by atoms with Gasteiger partial charge in [0.2, 0.25) is 0 Å². The summed E-state index contributed by atoms with van der Waals surface area (Å²) in [6, 6.07) is 0. The highest BCUT2D eigenvalue weighted by atomic mass is 19.1. The van der Waals surface area contributed by atoms with E-state index in [-0.39, 0.29) is 5.41 Å². The third-order valence-electron chi connectivity index (χ3n) is 2.71. The fourth-order valence-electron chi connectivity index (χ4n) is 1.85. The molecule has 1 rings (SSSR count). The summed E-state index contributed by atoms with van der Waals surface area (Å²) in [7, 11) is 0. The molecule has 98 valence electrons. The first kappa shape index (κ1) is 14.1. The molecule has 0 amide bonds. The molecule has 1 heterocycles. The molecule has 0 saturated carbocycles. The van der Waals surface area contributed by atoms with Crippen LogP contribution in [-0.2, 0) is 13.0 Å². The Labute approximate surface area is 103 Å². The van der Waals surface area contributed by atoms with Crippen molar-refractivity contribution in [1.82, 2.24) is 15.0 Å². The van der Waals surface area contributed by atoms with E-state index in [1.54, 1.807) is 4.68 Å². The van der Waals surface area contributed by atoms with Gasteiger partial charge in [0.05, 0.1) is 5.69 Å². The van der Waals surface area contributed by atoms with Crippen molar-refractivity contribution in [3.8, 4) is 0 Å². The highest BCUT2D eigenvalue weighted by Gasteiger charge is 2.19. The van der Waals surface area contributed by atoms with Crippen molar-refractivity contribution in [2.45, 2.75) is 66.3 Å². The van der Waals surface area contributed by atoms with E-state index in [0.717, 1.165) is 13.0 Å². The van der Waals surface area contributed by atoms with Crippen molar-refractivity contribution in [2.75, 3.05) is 0 Å². The van der Waals surface area contributed by atoms with Gasteiger partial charge in [-0.05, 0) is 18.3 Å². The van der Waals surface area contributed by atoms with Gasteiger partial charge in [0, 0.05) is 6.54 Å². The van der Waals surface area contributed by atoms with Crippen molar-refractivity contribution in [2.24, 2.45) is 5.41 Å². The van der Waals surface area contributed by atoms with Crippen molar-refractivity contribution in [3.63, 3.8) is 0 Å². The summed E-state index contributed by atoms with van der Waals surface area (Å²) < 4.78 is 15.3. The maximum absolute atomic E-state index is 13.5. The first-order valence-corrected chi connectivity index (χ1v) is 6.52. The molecule has 3 nitrogen and oxygen atoms in total. The predicted molar refractivity (Wildman–Crippen MR) is 67.3 cm³/mol. The van der Waals surface area contributed by atoms with Crippen molar-refractivity contribution in [1.29, 1.82) is 0 Å². The second kappa shape index (κ2) is 6.12. The zero-order valence-corrected chi connectivity index (χ0v) is 11.5. The number of unbranched alkanes of at least 4 members (excludes halogenated alkanes) is 3. The first-order valence-electron chi connectivity index (χ1n) is 6.52.